The zero-order chi connectivity index (χ0) is 12.5. The van der Waals surface area contributed by atoms with Crippen molar-refractivity contribution < 1.29 is 9.90 Å². The zero-order valence-corrected chi connectivity index (χ0v) is 10.4. The fraction of sp³-hybridized carbons (Fsp3) is 0.750. The van der Waals surface area contributed by atoms with Crippen LogP contribution in [0, 0.1) is 5.41 Å². The summed E-state index contributed by atoms with van der Waals surface area (Å²) in [6.45, 7) is 4.90. The van der Waals surface area contributed by atoms with E-state index in [-0.39, 0.29) is 11.8 Å². The summed E-state index contributed by atoms with van der Waals surface area (Å²) in [5, 5.41) is 17.3. The summed E-state index contributed by atoms with van der Waals surface area (Å²) in [5.41, 5.74) is -0.271. The molecule has 0 unspecified atom stereocenters. The van der Waals surface area contributed by atoms with Crippen molar-refractivity contribution in [3.8, 4) is 0 Å². The first-order valence-electron chi connectivity index (χ1n) is 6.11. The molecule has 0 bridgehead atoms. The van der Waals surface area contributed by atoms with Crippen LogP contribution in [0.15, 0.2) is 0 Å². The SMILES string of the molecule is CC(C)(CC(=O)O)Cc1nnc2n1CCCC2. The van der Waals surface area contributed by atoms with E-state index in [1.807, 2.05) is 13.8 Å². The van der Waals surface area contributed by atoms with Crippen molar-refractivity contribution >= 4 is 5.97 Å². The molecule has 17 heavy (non-hydrogen) atoms. The Bertz CT molecular complexity index is 423. The second kappa shape index (κ2) is 4.47. The van der Waals surface area contributed by atoms with Crippen LogP contribution in [0.5, 0.6) is 0 Å². The van der Waals surface area contributed by atoms with Gasteiger partial charge in [-0.2, -0.15) is 0 Å². The molecule has 1 aliphatic heterocycles. The molecule has 2 heterocycles. The number of hydrogen-bond acceptors (Lipinski definition) is 3. The largest absolute Gasteiger partial charge is 0.481 e. The number of carboxylic acids is 1. The van der Waals surface area contributed by atoms with Gasteiger partial charge in [-0.05, 0) is 18.3 Å². The van der Waals surface area contributed by atoms with E-state index in [9.17, 15) is 4.79 Å². The summed E-state index contributed by atoms with van der Waals surface area (Å²) in [5.74, 6) is 1.23. The van der Waals surface area contributed by atoms with Gasteiger partial charge in [0.05, 0.1) is 6.42 Å². The molecule has 0 radical (unpaired) electrons. The van der Waals surface area contributed by atoms with E-state index in [0.29, 0.717) is 6.42 Å². The summed E-state index contributed by atoms with van der Waals surface area (Å²) >= 11 is 0. The van der Waals surface area contributed by atoms with Crippen LogP contribution in [0.3, 0.4) is 0 Å². The predicted molar refractivity (Wildman–Crippen MR) is 62.7 cm³/mol. The smallest absolute Gasteiger partial charge is 0.303 e. The molecule has 0 saturated heterocycles. The Kier molecular flexibility index (Phi) is 3.17. The van der Waals surface area contributed by atoms with Gasteiger partial charge < -0.3 is 9.67 Å². The number of aromatic nitrogens is 3. The third-order valence-corrected chi connectivity index (χ3v) is 3.20. The second-order valence-corrected chi connectivity index (χ2v) is 5.55. The summed E-state index contributed by atoms with van der Waals surface area (Å²) in [6.07, 6.45) is 4.17. The molecule has 0 aliphatic carbocycles. The topological polar surface area (TPSA) is 68.0 Å². The molecule has 0 spiro atoms. The Labute approximate surface area is 101 Å². The summed E-state index contributed by atoms with van der Waals surface area (Å²) in [6, 6.07) is 0. The van der Waals surface area contributed by atoms with E-state index in [1.54, 1.807) is 0 Å². The third-order valence-electron chi connectivity index (χ3n) is 3.20. The van der Waals surface area contributed by atoms with Gasteiger partial charge in [0.25, 0.3) is 0 Å². The van der Waals surface area contributed by atoms with Crippen LogP contribution in [-0.2, 0) is 24.2 Å². The van der Waals surface area contributed by atoms with Crippen LogP contribution in [0.2, 0.25) is 0 Å². The molecule has 1 aromatic heterocycles. The molecule has 1 N–H and O–H groups in total. The molecule has 5 nitrogen and oxygen atoms in total. The molecule has 0 aromatic carbocycles. The summed E-state index contributed by atoms with van der Waals surface area (Å²) in [4.78, 5) is 10.8. The summed E-state index contributed by atoms with van der Waals surface area (Å²) in [7, 11) is 0. The Morgan fingerprint density at radius 3 is 2.88 bits per heavy atom. The van der Waals surface area contributed by atoms with Crippen molar-refractivity contribution in [3.05, 3.63) is 11.6 Å². The van der Waals surface area contributed by atoms with Gasteiger partial charge in [-0.25, -0.2) is 0 Å². The highest BCUT2D eigenvalue weighted by Gasteiger charge is 2.26. The van der Waals surface area contributed by atoms with Crippen molar-refractivity contribution in [3.63, 3.8) is 0 Å². The molecular weight excluding hydrogens is 218 g/mol. The molecule has 0 amide bonds. The lowest BCUT2D eigenvalue weighted by Gasteiger charge is -2.23. The highest BCUT2D eigenvalue weighted by atomic mass is 16.4. The normalized spacial score (nSPS) is 15.6. The average molecular weight is 237 g/mol. The van der Waals surface area contributed by atoms with Crippen LogP contribution < -0.4 is 0 Å². The number of fused-ring (bicyclic) bond motifs is 1. The van der Waals surface area contributed by atoms with E-state index < -0.39 is 5.97 Å². The number of carbonyl (C=O) groups is 1. The minimum Gasteiger partial charge on any atom is -0.481 e. The van der Waals surface area contributed by atoms with Crippen LogP contribution in [0.4, 0.5) is 0 Å². The van der Waals surface area contributed by atoms with Gasteiger partial charge in [0.15, 0.2) is 0 Å². The molecule has 94 valence electrons. The standard InChI is InChI=1S/C12H19N3O2/c1-12(2,8-11(16)17)7-10-14-13-9-5-3-4-6-15(9)10/h3-8H2,1-2H3,(H,16,17). The molecule has 1 aromatic rings. The lowest BCUT2D eigenvalue weighted by atomic mass is 9.85. The van der Waals surface area contributed by atoms with Crippen LogP contribution in [-0.4, -0.2) is 25.8 Å². The Morgan fingerprint density at radius 1 is 1.41 bits per heavy atom. The minimum absolute atomic E-state index is 0.162. The number of carboxylic acid groups (broad SMARTS) is 1. The number of aryl methyl sites for hydroxylation is 1. The molecule has 0 atom stereocenters. The van der Waals surface area contributed by atoms with Crippen molar-refractivity contribution in [2.45, 2.75) is 52.5 Å². The lowest BCUT2D eigenvalue weighted by molar-refractivity contribution is -0.139. The Hall–Kier alpha value is -1.39. The first-order valence-corrected chi connectivity index (χ1v) is 6.11. The van der Waals surface area contributed by atoms with Crippen molar-refractivity contribution in [1.29, 1.82) is 0 Å². The number of hydrogen-bond donors (Lipinski definition) is 1. The highest BCUT2D eigenvalue weighted by Crippen LogP contribution is 2.26. The van der Waals surface area contributed by atoms with E-state index >= 15 is 0 Å². The van der Waals surface area contributed by atoms with Gasteiger partial charge in [-0.15, -0.1) is 10.2 Å². The number of aliphatic carboxylic acids is 1. The fourth-order valence-corrected chi connectivity index (χ4v) is 2.40. The van der Waals surface area contributed by atoms with Crippen molar-refractivity contribution in [2.75, 3.05) is 0 Å². The maximum Gasteiger partial charge on any atom is 0.303 e. The van der Waals surface area contributed by atoms with Gasteiger partial charge in [-0.3, -0.25) is 4.79 Å². The number of nitrogens with zero attached hydrogens (tertiary/aromatic N) is 3. The van der Waals surface area contributed by atoms with Crippen LogP contribution in [0.25, 0.3) is 0 Å². The summed E-state index contributed by atoms with van der Waals surface area (Å²) < 4.78 is 2.16. The van der Waals surface area contributed by atoms with Crippen LogP contribution >= 0.6 is 0 Å². The first kappa shape index (κ1) is 12.1. The van der Waals surface area contributed by atoms with Gasteiger partial charge >= 0.3 is 5.97 Å². The monoisotopic (exact) mass is 237 g/mol. The van der Waals surface area contributed by atoms with Gasteiger partial charge in [-0.1, -0.05) is 13.8 Å². The van der Waals surface area contributed by atoms with Gasteiger partial charge in [0, 0.05) is 19.4 Å². The Morgan fingerprint density at radius 2 is 2.18 bits per heavy atom. The fourth-order valence-electron chi connectivity index (χ4n) is 2.40. The quantitative estimate of drug-likeness (QED) is 0.864. The van der Waals surface area contributed by atoms with E-state index in [4.69, 9.17) is 5.11 Å². The minimum atomic E-state index is -0.756. The maximum absolute atomic E-state index is 10.8. The average Bonchev–Trinajstić information content (AvgIpc) is 2.59. The van der Waals surface area contributed by atoms with Crippen molar-refractivity contribution in [1.82, 2.24) is 14.8 Å². The maximum atomic E-state index is 10.8. The van der Waals surface area contributed by atoms with E-state index in [1.165, 1.54) is 6.42 Å². The molecule has 2 rings (SSSR count). The second-order valence-electron chi connectivity index (χ2n) is 5.55. The first-order chi connectivity index (χ1) is 7.98. The van der Waals surface area contributed by atoms with Gasteiger partial charge in [0.2, 0.25) is 0 Å². The molecular formula is C12H19N3O2. The van der Waals surface area contributed by atoms with Gasteiger partial charge in [0.1, 0.15) is 11.6 Å². The Balaban J connectivity index is 2.13. The predicted octanol–water partition coefficient (Wildman–Crippen LogP) is 1.66. The molecule has 1 aliphatic rings. The van der Waals surface area contributed by atoms with Crippen LogP contribution in [0.1, 0.15) is 44.8 Å². The van der Waals surface area contributed by atoms with Crippen molar-refractivity contribution in [2.24, 2.45) is 5.41 Å². The van der Waals surface area contributed by atoms with E-state index in [0.717, 1.165) is 31.0 Å². The molecule has 0 fully saturated rings. The lowest BCUT2D eigenvalue weighted by Crippen LogP contribution is -2.23. The number of rotatable bonds is 4. The highest BCUT2D eigenvalue weighted by molar-refractivity contribution is 5.67. The third kappa shape index (κ3) is 2.84. The van der Waals surface area contributed by atoms with E-state index in [2.05, 4.69) is 14.8 Å². The molecule has 5 heteroatoms. The zero-order valence-electron chi connectivity index (χ0n) is 10.4. The molecule has 0 saturated carbocycles.